The normalized spacial score (nSPS) is 39.2. The summed E-state index contributed by atoms with van der Waals surface area (Å²) in [5, 5.41) is 9.58. The van der Waals surface area contributed by atoms with Crippen LogP contribution < -0.4 is 0 Å². The van der Waals surface area contributed by atoms with Crippen molar-refractivity contribution in [3.8, 4) is 0 Å². The maximum Gasteiger partial charge on any atom is 0.338 e. The Bertz CT molecular complexity index is 622. The van der Waals surface area contributed by atoms with Crippen molar-refractivity contribution in [2.75, 3.05) is 6.61 Å². The molecule has 0 amide bonds. The van der Waals surface area contributed by atoms with E-state index in [4.69, 9.17) is 4.74 Å². The minimum Gasteiger partial charge on any atom is -0.455 e. The minimum atomic E-state index is -0.787. The first-order chi connectivity index (χ1) is 9.96. The molecule has 3 nitrogen and oxygen atoms in total. The van der Waals surface area contributed by atoms with Crippen molar-refractivity contribution in [1.29, 1.82) is 0 Å². The van der Waals surface area contributed by atoms with Gasteiger partial charge in [0.25, 0.3) is 0 Å². The largest absolute Gasteiger partial charge is 0.455 e. The fourth-order valence-electron chi connectivity index (χ4n) is 4.76. The van der Waals surface area contributed by atoms with E-state index < -0.39 is 23.2 Å². The number of benzene rings is 1. The average molecular weight is 294 g/mol. The van der Waals surface area contributed by atoms with Crippen LogP contribution in [0, 0.1) is 22.5 Å². The molecule has 3 aliphatic carbocycles. The summed E-state index contributed by atoms with van der Waals surface area (Å²) in [6.45, 7) is 0.126. The molecule has 0 heterocycles. The van der Waals surface area contributed by atoms with Gasteiger partial charge in [0.15, 0.2) is 0 Å². The van der Waals surface area contributed by atoms with E-state index in [0.29, 0.717) is 0 Å². The molecular formula is C16H16F2O3. The Morgan fingerprint density at radius 1 is 1.14 bits per heavy atom. The van der Waals surface area contributed by atoms with E-state index in [-0.39, 0.29) is 23.0 Å². The third kappa shape index (κ3) is 1.47. The third-order valence-electron chi connectivity index (χ3n) is 6.05. The SMILES string of the molecule is O=C(OC12CCC3(CO)CC31CC2)c1cc(F)cc(F)c1. The van der Waals surface area contributed by atoms with Gasteiger partial charge in [-0.1, -0.05) is 0 Å². The summed E-state index contributed by atoms with van der Waals surface area (Å²) < 4.78 is 32.1. The molecule has 5 heteroatoms. The molecular weight excluding hydrogens is 278 g/mol. The lowest BCUT2D eigenvalue weighted by Crippen LogP contribution is -2.51. The lowest BCUT2D eigenvalue weighted by Gasteiger charge is -2.48. The van der Waals surface area contributed by atoms with Crippen LogP contribution in [0.2, 0.25) is 0 Å². The van der Waals surface area contributed by atoms with Crippen molar-refractivity contribution in [3.05, 3.63) is 35.4 Å². The lowest BCUT2D eigenvalue weighted by atomic mass is 9.65. The van der Waals surface area contributed by atoms with Crippen LogP contribution in [0.4, 0.5) is 8.78 Å². The Kier molecular flexibility index (Phi) is 2.40. The van der Waals surface area contributed by atoms with Crippen molar-refractivity contribution < 1.29 is 23.4 Å². The quantitative estimate of drug-likeness (QED) is 0.872. The molecule has 0 radical (unpaired) electrons. The molecule has 3 aliphatic rings. The van der Waals surface area contributed by atoms with Gasteiger partial charge in [-0.25, -0.2) is 13.6 Å². The summed E-state index contributed by atoms with van der Waals surface area (Å²) >= 11 is 0. The zero-order valence-electron chi connectivity index (χ0n) is 11.5. The van der Waals surface area contributed by atoms with E-state index in [1.807, 2.05) is 0 Å². The molecule has 0 aromatic heterocycles. The Labute approximate surface area is 120 Å². The highest BCUT2D eigenvalue weighted by Gasteiger charge is 2.85. The van der Waals surface area contributed by atoms with Gasteiger partial charge in [-0.3, -0.25) is 0 Å². The van der Waals surface area contributed by atoms with Crippen molar-refractivity contribution in [2.24, 2.45) is 10.8 Å². The van der Waals surface area contributed by atoms with Crippen molar-refractivity contribution >= 4 is 5.97 Å². The summed E-state index contributed by atoms with van der Waals surface area (Å²) in [7, 11) is 0. The standard InChI is InChI=1S/C16H16F2O3/c17-11-5-10(6-12(18)7-11)13(20)21-16-3-1-14(9-19)8-15(14,16)2-4-16/h5-7,19H,1-4,8-9H2. The topological polar surface area (TPSA) is 46.5 Å². The Hall–Kier alpha value is -1.49. The van der Waals surface area contributed by atoms with Gasteiger partial charge in [0.2, 0.25) is 0 Å². The van der Waals surface area contributed by atoms with E-state index in [1.165, 1.54) is 0 Å². The number of hydrogen-bond acceptors (Lipinski definition) is 3. The Morgan fingerprint density at radius 2 is 1.81 bits per heavy atom. The van der Waals surface area contributed by atoms with Gasteiger partial charge in [-0.2, -0.15) is 0 Å². The second-order valence-electron chi connectivity index (χ2n) is 6.74. The first-order valence-corrected chi connectivity index (χ1v) is 7.26. The van der Waals surface area contributed by atoms with Crippen LogP contribution in [0.5, 0.6) is 0 Å². The molecule has 3 unspecified atom stereocenters. The summed E-state index contributed by atoms with van der Waals surface area (Å²) in [5.41, 5.74) is -0.795. The number of carbonyl (C=O) groups is 1. The number of carbonyl (C=O) groups excluding carboxylic acids is 1. The highest BCUT2D eigenvalue weighted by molar-refractivity contribution is 5.90. The number of aliphatic hydroxyl groups is 1. The second kappa shape index (κ2) is 3.83. The first-order valence-electron chi connectivity index (χ1n) is 7.26. The summed E-state index contributed by atoms with van der Waals surface area (Å²) in [6.07, 6.45) is 4.21. The fraction of sp³-hybridized carbons (Fsp3) is 0.562. The van der Waals surface area contributed by atoms with Gasteiger partial charge in [-0.15, -0.1) is 0 Å². The van der Waals surface area contributed by atoms with Crippen LogP contribution in [-0.2, 0) is 4.74 Å². The Balaban J connectivity index is 1.58. The lowest BCUT2D eigenvalue weighted by molar-refractivity contribution is -0.119. The molecule has 4 rings (SSSR count). The molecule has 3 fully saturated rings. The molecule has 1 aromatic rings. The zero-order valence-corrected chi connectivity index (χ0v) is 11.5. The van der Waals surface area contributed by atoms with Gasteiger partial charge in [-0.05, 0) is 44.2 Å². The van der Waals surface area contributed by atoms with Crippen molar-refractivity contribution in [2.45, 2.75) is 37.7 Å². The first kappa shape index (κ1) is 13.2. The number of halogens is 2. The van der Waals surface area contributed by atoms with Crippen molar-refractivity contribution in [3.63, 3.8) is 0 Å². The Morgan fingerprint density at radius 3 is 2.33 bits per heavy atom. The van der Waals surface area contributed by atoms with Gasteiger partial charge in [0.1, 0.15) is 17.2 Å². The van der Waals surface area contributed by atoms with Crippen LogP contribution in [0.3, 0.4) is 0 Å². The van der Waals surface area contributed by atoms with Crippen LogP contribution in [0.15, 0.2) is 18.2 Å². The molecule has 3 saturated carbocycles. The predicted molar refractivity (Wildman–Crippen MR) is 69.5 cm³/mol. The monoisotopic (exact) mass is 294 g/mol. The maximum absolute atomic E-state index is 13.2. The van der Waals surface area contributed by atoms with Crippen LogP contribution in [0.25, 0.3) is 0 Å². The highest BCUT2D eigenvalue weighted by Crippen LogP contribution is 2.85. The number of rotatable bonds is 3. The minimum absolute atomic E-state index is 0.0846. The fourth-order valence-corrected chi connectivity index (χ4v) is 4.76. The van der Waals surface area contributed by atoms with Gasteiger partial charge >= 0.3 is 5.97 Å². The summed E-state index contributed by atoms with van der Waals surface area (Å²) in [4.78, 5) is 12.2. The molecule has 0 bridgehead atoms. The summed E-state index contributed by atoms with van der Waals surface area (Å²) in [6, 6.07) is 2.72. The molecule has 1 N–H and O–H groups in total. The number of ether oxygens (including phenoxy) is 1. The average Bonchev–Trinajstić information content (AvgIpc) is 3.09. The predicted octanol–water partition coefficient (Wildman–Crippen LogP) is 2.82. The van der Waals surface area contributed by atoms with Crippen LogP contribution in [0.1, 0.15) is 42.5 Å². The summed E-state index contributed by atoms with van der Waals surface area (Å²) in [5.74, 6) is -2.25. The van der Waals surface area contributed by atoms with E-state index in [0.717, 1.165) is 50.3 Å². The van der Waals surface area contributed by atoms with Crippen LogP contribution >= 0.6 is 0 Å². The van der Waals surface area contributed by atoms with Gasteiger partial charge in [0.05, 0.1) is 5.56 Å². The molecule has 1 aromatic carbocycles. The van der Waals surface area contributed by atoms with Gasteiger partial charge in [0, 0.05) is 23.5 Å². The second-order valence-corrected chi connectivity index (χ2v) is 6.74. The van der Waals surface area contributed by atoms with Crippen LogP contribution in [-0.4, -0.2) is 23.3 Å². The molecule has 0 saturated heterocycles. The van der Waals surface area contributed by atoms with E-state index in [1.54, 1.807) is 0 Å². The smallest absolute Gasteiger partial charge is 0.338 e. The number of hydrogen-bond donors (Lipinski definition) is 1. The van der Waals surface area contributed by atoms with E-state index >= 15 is 0 Å². The van der Waals surface area contributed by atoms with E-state index in [9.17, 15) is 18.7 Å². The molecule has 3 atom stereocenters. The number of esters is 1. The third-order valence-corrected chi connectivity index (χ3v) is 6.05. The van der Waals surface area contributed by atoms with E-state index in [2.05, 4.69) is 0 Å². The maximum atomic E-state index is 13.2. The molecule has 0 aliphatic heterocycles. The van der Waals surface area contributed by atoms with Gasteiger partial charge < -0.3 is 9.84 Å². The van der Waals surface area contributed by atoms with Crippen molar-refractivity contribution in [1.82, 2.24) is 0 Å². The number of aliphatic hydroxyl groups excluding tert-OH is 1. The zero-order chi connectivity index (χ0) is 14.9. The molecule has 112 valence electrons. The molecule has 21 heavy (non-hydrogen) atoms. The molecule has 1 spiro atoms. The highest BCUT2D eigenvalue weighted by atomic mass is 19.1.